The van der Waals surface area contributed by atoms with Crippen LogP contribution in [0.15, 0.2) is 132 Å². The molecule has 0 unspecified atom stereocenters. The van der Waals surface area contributed by atoms with Crippen LogP contribution < -0.4 is 0 Å². The predicted molar refractivity (Wildman–Crippen MR) is 197 cm³/mol. The molecule has 2 heterocycles. The SMILES string of the molecule is c1ccc2c(c1)-c1ccc(-n3c4ccccc4c4c(-c5ccc6c(c5)oc5ccccc56)cccc43)cc1C21C2CC3CC(C2)CC1C3. The van der Waals surface area contributed by atoms with Gasteiger partial charge in [-0.1, -0.05) is 84.9 Å². The van der Waals surface area contributed by atoms with Gasteiger partial charge in [-0.2, -0.15) is 0 Å². The van der Waals surface area contributed by atoms with Gasteiger partial charge in [-0.25, -0.2) is 0 Å². The van der Waals surface area contributed by atoms with Crippen molar-refractivity contribution in [1.82, 2.24) is 4.57 Å². The van der Waals surface area contributed by atoms with Crippen LogP contribution in [-0.2, 0) is 5.41 Å². The third-order valence-corrected chi connectivity index (χ3v) is 13.2. The third-order valence-electron chi connectivity index (χ3n) is 13.2. The van der Waals surface area contributed by atoms with Crippen LogP contribution in [0.3, 0.4) is 0 Å². The van der Waals surface area contributed by atoms with Crippen LogP contribution in [0, 0.1) is 23.7 Å². The van der Waals surface area contributed by atoms with Gasteiger partial charge in [-0.15, -0.1) is 0 Å². The topological polar surface area (TPSA) is 18.1 Å². The highest BCUT2D eigenvalue weighted by Crippen LogP contribution is 2.69. The van der Waals surface area contributed by atoms with E-state index in [1.165, 1.54) is 92.6 Å². The molecule has 48 heavy (non-hydrogen) atoms. The Hall–Kier alpha value is -5.08. The van der Waals surface area contributed by atoms with Gasteiger partial charge >= 0.3 is 0 Å². The van der Waals surface area contributed by atoms with E-state index >= 15 is 0 Å². The first-order valence-corrected chi connectivity index (χ1v) is 17.9. The van der Waals surface area contributed by atoms with Crippen molar-refractivity contribution in [2.75, 3.05) is 0 Å². The minimum absolute atomic E-state index is 0.154. The van der Waals surface area contributed by atoms with Crippen molar-refractivity contribution < 1.29 is 4.42 Å². The number of furan rings is 1. The van der Waals surface area contributed by atoms with Gasteiger partial charge in [0.2, 0.25) is 0 Å². The highest BCUT2D eigenvalue weighted by Gasteiger charge is 2.61. The maximum atomic E-state index is 6.35. The van der Waals surface area contributed by atoms with E-state index in [1.54, 1.807) is 11.1 Å². The molecule has 2 aromatic heterocycles. The molecule has 13 rings (SSSR count). The molecule has 0 atom stereocenters. The van der Waals surface area contributed by atoms with Gasteiger partial charge in [0, 0.05) is 32.6 Å². The Bertz CT molecular complexity index is 2620. The van der Waals surface area contributed by atoms with Crippen LogP contribution in [-0.4, -0.2) is 4.57 Å². The van der Waals surface area contributed by atoms with E-state index in [0.29, 0.717) is 0 Å². The molecule has 1 spiro atoms. The van der Waals surface area contributed by atoms with Crippen molar-refractivity contribution in [3.8, 4) is 27.9 Å². The summed E-state index contributed by atoms with van der Waals surface area (Å²) < 4.78 is 8.89. The summed E-state index contributed by atoms with van der Waals surface area (Å²) in [5.41, 5.74) is 14.5. The second-order valence-electron chi connectivity index (χ2n) is 15.3. The zero-order chi connectivity index (χ0) is 31.1. The molecule has 0 amide bonds. The summed E-state index contributed by atoms with van der Waals surface area (Å²) in [6.07, 6.45) is 7.09. The average molecular weight is 618 g/mol. The van der Waals surface area contributed by atoms with Crippen LogP contribution in [0.2, 0.25) is 0 Å². The van der Waals surface area contributed by atoms with Gasteiger partial charge in [0.05, 0.1) is 11.0 Å². The molecule has 6 aromatic carbocycles. The molecule has 0 saturated heterocycles. The van der Waals surface area contributed by atoms with E-state index in [9.17, 15) is 0 Å². The molecule has 4 bridgehead atoms. The van der Waals surface area contributed by atoms with Gasteiger partial charge < -0.3 is 8.98 Å². The monoisotopic (exact) mass is 617 g/mol. The lowest BCUT2D eigenvalue weighted by atomic mass is 9.43. The van der Waals surface area contributed by atoms with Crippen LogP contribution in [0.4, 0.5) is 0 Å². The Morgan fingerprint density at radius 3 is 2.06 bits per heavy atom. The van der Waals surface area contributed by atoms with Crippen molar-refractivity contribution in [2.24, 2.45) is 23.7 Å². The predicted octanol–water partition coefficient (Wildman–Crippen LogP) is 12.1. The molecule has 2 nitrogen and oxygen atoms in total. The molecular weight excluding hydrogens is 583 g/mol. The first-order valence-electron chi connectivity index (χ1n) is 17.9. The van der Waals surface area contributed by atoms with Gasteiger partial charge in [-0.3, -0.25) is 0 Å². The maximum absolute atomic E-state index is 6.35. The number of fused-ring (bicyclic) bond motifs is 9. The minimum Gasteiger partial charge on any atom is -0.456 e. The van der Waals surface area contributed by atoms with Crippen LogP contribution >= 0.6 is 0 Å². The smallest absolute Gasteiger partial charge is 0.136 e. The molecule has 4 fully saturated rings. The fourth-order valence-corrected chi connectivity index (χ4v) is 11.7. The molecule has 4 saturated carbocycles. The number of para-hydroxylation sites is 2. The van der Waals surface area contributed by atoms with Crippen molar-refractivity contribution in [3.63, 3.8) is 0 Å². The Morgan fingerprint density at radius 2 is 1.19 bits per heavy atom. The van der Waals surface area contributed by atoms with E-state index in [-0.39, 0.29) is 5.41 Å². The van der Waals surface area contributed by atoms with E-state index < -0.39 is 0 Å². The number of rotatable bonds is 2. The fourth-order valence-electron chi connectivity index (χ4n) is 11.7. The molecule has 8 aromatic rings. The first-order chi connectivity index (χ1) is 23.8. The number of hydrogen-bond donors (Lipinski definition) is 0. The van der Waals surface area contributed by atoms with Gasteiger partial charge in [0.1, 0.15) is 11.2 Å². The second kappa shape index (κ2) is 9.08. The number of benzene rings is 6. The van der Waals surface area contributed by atoms with Crippen molar-refractivity contribution in [1.29, 1.82) is 0 Å². The van der Waals surface area contributed by atoms with Crippen LogP contribution in [0.1, 0.15) is 43.2 Å². The Kier molecular flexibility index (Phi) is 4.91. The summed E-state index contributed by atoms with van der Waals surface area (Å²) in [6.45, 7) is 0. The van der Waals surface area contributed by atoms with Crippen molar-refractivity contribution >= 4 is 43.7 Å². The summed E-state index contributed by atoms with van der Waals surface area (Å²) >= 11 is 0. The summed E-state index contributed by atoms with van der Waals surface area (Å²) in [4.78, 5) is 0. The lowest BCUT2D eigenvalue weighted by Gasteiger charge is -2.61. The van der Waals surface area contributed by atoms with Crippen molar-refractivity contribution in [2.45, 2.75) is 37.5 Å². The molecule has 5 aliphatic carbocycles. The Labute approximate surface area is 279 Å². The highest BCUT2D eigenvalue weighted by atomic mass is 16.3. The average Bonchev–Trinajstić information content (AvgIpc) is 3.76. The lowest BCUT2D eigenvalue weighted by Crippen LogP contribution is -2.55. The molecule has 0 aliphatic heterocycles. The van der Waals surface area contributed by atoms with Crippen molar-refractivity contribution in [3.05, 3.63) is 139 Å². The normalized spacial score (nSPS) is 25.2. The van der Waals surface area contributed by atoms with E-state index in [4.69, 9.17) is 4.42 Å². The van der Waals surface area contributed by atoms with E-state index in [0.717, 1.165) is 34.8 Å². The summed E-state index contributed by atoms with van der Waals surface area (Å²) in [5, 5.41) is 4.93. The first kappa shape index (κ1) is 25.9. The standard InChI is InChI=1S/C46H35NO/c1-4-12-39-34(8-1)35-19-17-32(26-40(35)46(39)30-21-27-20-28(23-30)24-31(46)22-27)47-41-13-5-2-10-38(41)45-33(11-7-14-42(45)47)29-16-18-37-36-9-3-6-15-43(36)48-44(37)25-29/h1-19,25-28,30-31H,20-24H2. The van der Waals surface area contributed by atoms with Gasteiger partial charge in [0.25, 0.3) is 0 Å². The largest absolute Gasteiger partial charge is 0.456 e. The van der Waals surface area contributed by atoms with Gasteiger partial charge in [-0.05, 0) is 132 Å². The van der Waals surface area contributed by atoms with Gasteiger partial charge in [0.15, 0.2) is 0 Å². The summed E-state index contributed by atoms with van der Waals surface area (Å²) in [5.74, 6) is 3.38. The molecular formula is C46H35NO. The van der Waals surface area contributed by atoms with Crippen LogP contribution in [0.5, 0.6) is 0 Å². The number of hydrogen-bond acceptors (Lipinski definition) is 1. The molecule has 230 valence electrons. The van der Waals surface area contributed by atoms with Crippen LogP contribution in [0.25, 0.3) is 71.7 Å². The summed E-state index contributed by atoms with van der Waals surface area (Å²) in [7, 11) is 0. The Morgan fingerprint density at radius 1 is 0.500 bits per heavy atom. The molecule has 0 N–H and O–H groups in total. The number of aromatic nitrogens is 1. The maximum Gasteiger partial charge on any atom is 0.136 e. The molecule has 2 heteroatoms. The molecule has 0 radical (unpaired) electrons. The highest BCUT2D eigenvalue weighted by molar-refractivity contribution is 6.16. The zero-order valence-corrected chi connectivity index (χ0v) is 26.8. The Balaban J connectivity index is 1.09. The minimum atomic E-state index is 0.154. The zero-order valence-electron chi connectivity index (χ0n) is 26.8. The fraction of sp³-hybridized carbons (Fsp3) is 0.217. The number of nitrogens with zero attached hydrogens (tertiary/aromatic N) is 1. The van der Waals surface area contributed by atoms with E-state index in [2.05, 4.69) is 126 Å². The van der Waals surface area contributed by atoms with E-state index in [1.807, 2.05) is 6.07 Å². The lowest BCUT2D eigenvalue weighted by molar-refractivity contribution is -0.0399. The third kappa shape index (κ3) is 3.15. The summed E-state index contributed by atoms with van der Waals surface area (Å²) in [6, 6.07) is 47.8. The molecule has 5 aliphatic rings. The second-order valence-corrected chi connectivity index (χ2v) is 15.3. The quantitative estimate of drug-likeness (QED) is 0.189.